The van der Waals surface area contributed by atoms with Gasteiger partial charge in [-0.25, -0.2) is 9.97 Å². The van der Waals surface area contributed by atoms with E-state index in [1.807, 2.05) is 24.4 Å². The molecule has 0 fully saturated rings. The van der Waals surface area contributed by atoms with Gasteiger partial charge in [-0.2, -0.15) is 0 Å². The van der Waals surface area contributed by atoms with Gasteiger partial charge in [0.1, 0.15) is 5.15 Å². The zero-order valence-electron chi connectivity index (χ0n) is 7.46. The maximum atomic E-state index is 5.98. The van der Waals surface area contributed by atoms with Crippen LogP contribution < -0.4 is 0 Å². The van der Waals surface area contributed by atoms with E-state index in [4.69, 9.17) is 23.2 Å². The van der Waals surface area contributed by atoms with Gasteiger partial charge in [0.25, 0.3) is 0 Å². The van der Waals surface area contributed by atoms with Crippen molar-refractivity contribution in [3.05, 3.63) is 34.8 Å². The highest BCUT2D eigenvalue weighted by Gasteiger charge is 2.08. The Balaban J connectivity index is 2.61. The lowest BCUT2D eigenvalue weighted by Crippen LogP contribution is -1.87. The summed E-state index contributed by atoms with van der Waals surface area (Å²) < 4.78 is 0. The number of rotatable bonds is 0. The smallest absolute Gasteiger partial charge is 0.224 e. The minimum atomic E-state index is 0.168. The molecule has 2 aromatic heterocycles. The summed E-state index contributed by atoms with van der Waals surface area (Å²) in [4.78, 5) is 11.2. The van der Waals surface area contributed by atoms with Crippen molar-refractivity contribution >= 4 is 45.0 Å². The first kappa shape index (κ1) is 8.95. The third kappa shape index (κ3) is 1.28. The second-order valence-corrected chi connectivity index (χ2v) is 3.88. The second-order valence-electron chi connectivity index (χ2n) is 3.18. The molecule has 1 aromatic carbocycles. The number of aromatic amines is 1. The van der Waals surface area contributed by atoms with Crippen molar-refractivity contribution in [2.45, 2.75) is 0 Å². The maximum Gasteiger partial charge on any atom is 0.224 e. The quantitative estimate of drug-likeness (QED) is 0.481. The van der Waals surface area contributed by atoms with Gasteiger partial charge in [0.2, 0.25) is 5.28 Å². The fraction of sp³-hybridized carbons (Fsp3) is 0. The van der Waals surface area contributed by atoms with Gasteiger partial charge in [0, 0.05) is 22.5 Å². The molecule has 0 aliphatic rings. The van der Waals surface area contributed by atoms with Crippen LogP contribution in [0.25, 0.3) is 21.8 Å². The highest BCUT2D eigenvalue weighted by Crippen LogP contribution is 2.28. The number of nitrogens with one attached hydrogen (secondary N) is 1. The van der Waals surface area contributed by atoms with Crippen molar-refractivity contribution in [1.29, 1.82) is 0 Å². The fourth-order valence-corrected chi connectivity index (χ4v) is 2.11. The molecule has 74 valence electrons. The number of aromatic nitrogens is 3. The van der Waals surface area contributed by atoms with Crippen LogP contribution in [0.5, 0.6) is 0 Å². The molecule has 0 aliphatic heterocycles. The van der Waals surface area contributed by atoms with Gasteiger partial charge in [-0.3, -0.25) is 0 Å². The van der Waals surface area contributed by atoms with E-state index in [1.54, 1.807) is 0 Å². The Morgan fingerprint density at radius 3 is 2.73 bits per heavy atom. The number of nitrogens with zero attached hydrogens (tertiary/aromatic N) is 2. The standard InChI is InChI=1S/C10H5Cl2N3/c11-9-6-1-2-7-5(3-4-13-7)8(6)14-10(12)15-9/h1-4,13H. The number of H-pyrrole nitrogens is 1. The molecule has 0 radical (unpaired) electrons. The minimum Gasteiger partial charge on any atom is -0.361 e. The molecular formula is C10H5Cl2N3. The molecule has 3 aromatic rings. The molecular weight excluding hydrogens is 233 g/mol. The van der Waals surface area contributed by atoms with Crippen molar-refractivity contribution in [3.8, 4) is 0 Å². The van der Waals surface area contributed by atoms with Gasteiger partial charge >= 0.3 is 0 Å². The summed E-state index contributed by atoms with van der Waals surface area (Å²) in [5, 5.41) is 2.36. The number of benzene rings is 1. The summed E-state index contributed by atoms with van der Waals surface area (Å²) in [5.74, 6) is 0. The van der Waals surface area contributed by atoms with Crippen molar-refractivity contribution in [1.82, 2.24) is 15.0 Å². The summed E-state index contributed by atoms with van der Waals surface area (Å²) in [7, 11) is 0. The van der Waals surface area contributed by atoms with Crippen LogP contribution in [0.4, 0.5) is 0 Å². The second kappa shape index (κ2) is 3.08. The molecule has 0 unspecified atom stereocenters. The molecule has 5 heteroatoms. The van der Waals surface area contributed by atoms with Crippen LogP contribution in [-0.2, 0) is 0 Å². The lowest BCUT2D eigenvalue weighted by atomic mass is 10.2. The highest BCUT2D eigenvalue weighted by molar-refractivity contribution is 6.36. The normalized spacial score (nSPS) is 11.3. The number of halogens is 2. The Labute approximate surface area is 95.0 Å². The maximum absolute atomic E-state index is 5.98. The predicted molar refractivity (Wildman–Crippen MR) is 61.4 cm³/mol. The topological polar surface area (TPSA) is 41.6 Å². The predicted octanol–water partition coefficient (Wildman–Crippen LogP) is 3.42. The Bertz CT molecular complexity index is 660. The summed E-state index contributed by atoms with van der Waals surface area (Å²) >= 11 is 11.8. The highest BCUT2D eigenvalue weighted by atomic mass is 35.5. The molecule has 0 saturated heterocycles. The van der Waals surface area contributed by atoms with E-state index in [-0.39, 0.29) is 5.28 Å². The van der Waals surface area contributed by atoms with Crippen LogP contribution in [0.1, 0.15) is 0 Å². The van der Waals surface area contributed by atoms with Gasteiger partial charge in [-0.05, 0) is 29.8 Å². The lowest BCUT2D eigenvalue weighted by Gasteiger charge is -2.01. The molecule has 15 heavy (non-hydrogen) atoms. The Morgan fingerprint density at radius 2 is 1.87 bits per heavy atom. The molecule has 0 aliphatic carbocycles. The molecule has 3 nitrogen and oxygen atoms in total. The van der Waals surface area contributed by atoms with Crippen LogP contribution in [0.2, 0.25) is 10.4 Å². The van der Waals surface area contributed by atoms with E-state index in [0.717, 1.165) is 21.8 Å². The van der Waals surface area contributed by atoms with Gasteiger partial charge in [-0.15, -0.1) is 0 Å². The van der Waals surface area contributed by atoms with E-state index in [0.29, 0.717) is 5.15 Å². The summed E-state index contributed by atoms with van der Waals surface area (Å²) in [6, 6.07) is 5.77. The molecule has 3 rings (SSSR count). The van der Waals surface area contributed by atoms with Crippen LogP contribution >= 0.6 is 23.2 Å². The molecule has 0 bridgehead atoms. The number of fused-ring (bicyclic) bond motifs is 3. The van der Waals surface area contributed by atoms with Crippen LogP contribution in [0.15, 0.2) is 24.4 Å². The van der Waals surface area contributed by atoms with Gasteiger partial charge in [-0.1, -0.05) is 11.6 Å². The summed E-state index contributed by atoms with van der Waals surface area (Å²) in [5.41, 5.74) is 1.78. The summed E-state index contributed by atoms with van der Waals surface area (Å²) in [6.45, 7) is 0. The zero-order valence-corrected chi connectivity index (χ0v) is 8.97. The van der Waals surface area contributed by atoms with Gasteiger partial charge < -0.3 is 4.98 Å². The average Bonchev–Trinajstić information content (AvgIpc) is 2.65. The molecule has 1 N–H and O–H groups in total. The SMILES string of the molecule is Clc1nc(Cl)c2ccc3[nH]ccc3c2n1. The first-order valence-corrected chi connectivity index (χ1v) is 5.10. The third-order valence-corrected chi connectivity index (χ3v) is 2.78. The number of hydrogen-bond acceptors (Lipinski definition) is 2. The lowest BCUT2D eigenvalue weighted by molar-refractivity contribution is 1.23. The van der Waals surface area contributed by atoms with Gasteiger partial charge in [0.15, 0.2) is 0 Å². The monoisotopic (exact) mass is 237 g/mol. The van der Waals surface area contributed by atoms with Crippen molar-refractivity contribution in [2.75, 3.05) is 0 Å². The van der Waals surface area contributed by atoms with Crippen molar-refractivity contribution in [3.63, 3.8) is 0 Å². The average molecular weight is 238 g/mol. The van der Waals surface area contributed by atoms with Crippen LogP contribution in [-0.4, -0.2) is 15.0 Å². The first-order valence-electron chi connectivity index (χ1n) is 4.34. The molecule has 0 amide bonds. The van der Waals surface area contributed by atoms with E-state index in [2.05, 4.69) is 15.0 Å². The molecule has 2 heterocycles. The summed E-state index contributed by atoms with van der Waals surface area (Å²) in [6.07, 6.45) is 1.86. The molecule has 0 saturated carbocycles. The number of hydrogen-bond donors (Lipinski definition) is 1. The van der Waals surface area contributed by atoms with E-state index < -0.39 is 0 Å². The van der Waals surface area contributed by atoms with E-state index in [9.17, 15) is 0 Å². The first-order chi connectivity index (χ1) is 7.25. The van der Waals surface area contributed by atoms with Crippen LogP contribution in [0, 0.1) is 0 Å². The van der Waals surface area contributed by atoms with E-state index >= 15 is 0 Å². The van der Waals surface area contributed by atoms with Crippen molar-refractivity contribution in [2.24, 2.45) is 0 Å². The Morgan fingerprint density at radius 1 is 1.00 bits per heavy atom. The molecule has 0 atom stereocenters. The zero-order chi connectivity index (χ0) is 10.4. The minimum absolute atomic E-state index is 0.168. The van der Waals surface area contributed by atoms with Gasteiger partial charge in [0.05, 0.1) is 5.52 Å². The van der Waals surface area contributed by atoms with Crippen LogP contribution in [0.3, 0.4) is 0 Å². The third-order valence-electron chi connectivity index (χ3n) is 2.32. The van der Waals surface area contributed by atoms with E-state index in [1.165, 1.54) is 0 Å². The Hall–Kier alpha value is -1.32. The van der Waals surface area contributed by atoms with Crippen molar-refractivity contribution < 1.29 is 0 Å². The molecule has 0 spiro atoms. The largest absolute Gasteiger partial charge is 0.361 e. The fourth-order valence-electron chi connectivity index (χ4n) is 1.66. The Kier molecular flexibility index (Phi) is 1.84.